The van der Waals surface area contributed by atoms with Crippen molar-refractivity contribution in [3.63, 3.8) is 0 Å². The Morgan fingerprint density at radius 2 is 2.26 bits per heavy atom. The summed E-state index contributed by atoms with van der Waals surface area (Å²) < 4.78 is 1.83. The van der Waals surface area contributed by atoms with Crippen LogP contribution < -0.4 is 5.32 Å². The normalized spacial score (nSPS) is 16.3. The number of aromatic nitrogens is 3. The zero-order valence-corrected chi connectivity index (χ0v) is 16.4. The van der Waals surface area contributed by atoms with E-state index < -0.39 is 0 Å². The van der Waals surface area contributed by atoms with Gasteiger partial charge in [-0.15, -0.1) is 11.3 Å². The molecule has 7 heteroatoms. The van der Waals surface area contributed by atoms with Gasteiger partial charge in [0.25, 0.3) is 5.91 Å². The van der Waals surface area contributed by atoms with Gasteiger partial charge in [0.2, 0.25) is 0 Å². The molecule has 6 nitrogen and oxygen atoms in total. The first-order valence-electron chi connectivity index (χ1n) is 9.17. The Morgan fingerprint density at radius 1 is 1.44 bits per heavy atom. The van der Waals surface area contributed by atoms with Gasteiger partial charge in [-0.2, -0.15) is 10.4 Å². The van der Waals surface area contributed by atoms with Gasteiger partial charge in [-0.1, -0.05) is 6.92 Å². The minimum atomic E-state index is -0.246. The van der Waals surface area contributed by atoms with Crippen LogP contribution in [0.3, 0.4) is 0 Å². The highest BCUT2D eigenvalue weighted by atomic mass is 32.1. The smallest absolute Gasteiger partial charge is 0.257 e. The molecule has 0 fully saturated rings. The number of anilines is 1. The van der Waals surface area contributed by atoms with Crippen LogP contribution >= 0.6 is 11.3 Å². The molecule has 27 heavy (non-hydrogen) atoms. The lowest BCUT2D eigenvalue weighted by molar-refractivity contribution is 0.102. The number of carbonyl (C=O) groups excluding carboxylic acids is 1. The third-order valence-corrected chi connectivity index (χ3v) is 6.21. The fourth-order valence-corrected chi connectivity index (χ4v) is 4.93. The Labute approximate surface area is 161 Å². The van der Waals surface area contributed by atoms with Gasteiger partial charge >= 0.3 is 0 Å². The Balaban J connectivity index is 1.63. The van der Waals surface area contributed by atoms with Crippen molar-refractivity contribution in [3.8, 4) is 6.07 Å². The highest BCUT2D eigenvalue weighted by molar-refractivity contribution is 7.16. The SMILES string of the molecule is CC(C)n1ncc2cc(C(=O)Nc3sc4c(c3C#N)CC[C@H](C)C4)cnc21. The highest BCUT2D eigenvalue weighted by Crippen LogP contribution is 2.39. The van der Waals surface area contributed by atoms with Crippen LogP contribution in [-0.2, 0) is 12.8 Å². The molecule has 1 amide bonds. The molecule has 0 bridgehead atoms. The van der Waals surface area contributed by atoms with Crippen molar-refractivity contribution >= 4 is 33.3 Å². The lowest BCUT2D eigenvalue weighted by Crippen LogP contribution is -2.12. The maximum atomic E-state index is 12.8. The monoisotopic (exact) mass is 379 g/mol. The van der Waals surface area contributed by atoms with Crippen molar-refractivity contribution in [3.05, 3.63) is 40.0 Å². The van der Waals surface area contributed by atoms with E-state index in [2.05, 4.69) is 28.4 Å². The van der Waals surface area contributed by atoms with Gasteiger partial charge in [-0.05, 0) is 50.7 Å². The summed E-state index contributed by atoms with van der Waals surface area (Å²) in [7, 11) is 0. The summed E-state index contributed by atoms with van der Waals surface area (Å²) >= 11 is 1.53. The van der Waals surface area contributed by atoms with Crippen molar-refractivity contribution in [2.24, 2.45) is 5.92 Å². The summed E-state index contributed by atoms with van der Waals surface area (Å²) in [4.78, 5) is 18.4. The zero-order chi connectivity index (χ0) is 19.1. The Bertz CT molecular complexity index is 1070. The second kappa shape index (κ2) is 6.78. The predicted octanol–water partition coefficient (Wildman–Crippen LogP) is 4.32. The molecule has 3 aromatic heterocycles. The lowest BCUT2D eigenvalue weighted by Gasteiger charge is -2.17. The average Bonchev–Trinajstić information content (AvgIpc) is 3.21. The minimum absolute atomic E-state index is 0.202. The Kier molecular flexibility index (Phi) is 4.44. The van der Waals surface area contributed by atoms with Crippen LogP contribution in [0.25, 0.3) is 11.0 Å². The molecule has 0 radical (unpaired) electrons. The van der Waals surface area contributed by atoms with Gasteiger partial charge in [0, 0.05) is 22.5 Å². The van der Waals surface area contributed by atoms with Crippen molar-refractivity contribution in [2.45, 2.75) is 46.1 Å². The number of hydrogen-bond acceptors (Lipinski definition) is 5. The second-order valence-electron chi connectivity index (χ2n) is 7.44. The number of carbonyl (C=O) groups is 1. The van der Waals surface area contributed by atoms with Crippen LogP contribution in [0.5, 0.6) is 0 Å². The molecule has 1 N–H and O–H groups in total. The number of nitriles is 1. The lowest BCUT2D eigenvalue weighted by atomic mass is 9.88. The van der Waals surface area contributed by atoms with E-state index in [1.165, 1.54) is 16.2 Å². The summed E-state index contributed by atoms with van der Waals surface area (Å²) in [6.07, 6.45) is 6.28. The van der Waals surface area contributed by atoms with E-state index in [1.54, 1.807) is 18.5 Å². The number of fused-ring (bicyclic) bond motifs is 2. The van der Waals surface area contributed by atoms with E-state index >= 15 is 0 Å². The maximum Gasteiger partial charge on any atom is 0.257 e. The zero-order valence-electron chi connectivity index (χ0n) is 15.6. The molecule has 0 unspecified atom stereocenters. The standard InChI is InChI=1S/C20H21N5OS/c1-11(2)25-18-13(10-23-25)7-14(9-22-18)19(26)24-20-16(8-21)15-5-4-12(3)6-17(15)27-20/h7,9-12H,4-6H2,1-3H3,(H,24,26)/t12-/m0/s1. The number of pyridine rings is 1. The topological polar surface area (TPSA) is 83.6 Å². The number of rotatable bonds is 3. The first-order valence-corrected chi connectivity index (χ1v) is 9.98. The van der Waals surface area contributed by atoms with E-state index in [-0.39, 0.29) is 11.9 Å². The van der Waals surface area contributed by atoms with Gasteiger partial charge in [-0.25, -0.2) is 9.67 Å². The molecule has 0 aliphatic heterocycles. The van der Waals surface area contributed by atoms with Gasteiger partial charge in [0.15, 0.2) is 5.65 Å². The summed E-state index contributed by atoms with van der Waals surface area (Å²) in [5, 5.41) is 18.3. The van der Waals surface area contributed by atoms with Crippen molar-refractivity contribution in [2.75, 3.05) is 5.32 Å². The van der Waals surface area contributed by atoms with Crippen molar-refractivity contribution < 1.29 is 4.79 Å². The van der Waals surface area contributed by atoms with E-state index in [9.17, 15) is 10.1 Å². The summed E-state index contributed by atoms with van der Waals surface area (Å²) in [6.45, 7) is 6.31. The van der Waals surface area contributed by atoms with E-state index in [4.69, 9.17) is 0 Å². The molecule has 0 aromatic carbocycles. The summed E-state index contributed by atoms with van der Waals surface area (Å²) in [5.41, 5.74) is 2.97. The quantitative estimate of drug-likeness (QED) is 0.734. The predicted molar refractivity (Wildman–Crippen MR) is 106 cm³/mol. The summed E-state index contributed by atoms with van der Waals surface area (Å²) in [5.74, 6) is 0.375. The van der Waals surface area contributed by atoms with Gasteiger partial charge in [-0.3, -0.25) is 4.79 Å². The molecular weight excluding hydrogens is 358 g/mol. The Morgan fingerprint density at radius 3 is 3.00 bits per heavy atom. The molecule has 0 saturated heterocycles. The van der Waals surface area contributed by atoms with Crippen LogP contribution in [0.2, 0.25) is 0 Å². The summed E-state index contributed by atoms with van der Waals surface area (Å²) in [6, 6.07) is 4.29. The average molecular weight is 379 g/mol. The second-order valence-corrected chi connectivity index (χ2v) is 8.55. The number of thiophene rings is 1. The molecular formula is C20H21N5OS. The van der Waals surface area contributed by atoms with E-state index in [0.717, 1.165) is 35.9 Å². The van der Waals surface area contributed by atoms with Gasteiger partial charge < -0.3 is 5.32 Å². The maximum absolute atomic E-state index is 12.8. The molecule has 4 rings (SSSR count). The first-order chi connectivity index (χ1) is 13.0. The van der Waals surface area contributed by atoms with Crippen LogP contribution in [0, 0.1) is 17.2 Å². The van der Waals surface area contributed by atoms with Crippen molar-refractivity contribution in [1.29, 1.82) is 5.26 Å². The van der Waals surface area contributed by atoms with Crippen LogP contribution in [0.1, 0.15) is 59.6 Å². The largest absolute Gasteiger partial charge is 0.312 e. The molecule has 0 saturated carbocycles. The first kappa shape index (κ1) is 17.7. The Hall–Kier alpha value is -2.72. The van der Waals surface area contributed by atoms with Crippen LogP contribution in [-0.4, -0.2) is 20.7 Å². The fraction of sp³-hybridized carbons (Fsp3) is 0.400. The third-order valence-electron chi connectivity index (χ3n) is 5.04. The highest BCUT2D eigenvalue weighted by Gasteiger charge is 2.25. The number of hydrogen-bond donors (Lipinski definition) is 1. The minimum Gasteiger partial charge on any atom is -0.312 e. The fourth-order valence-electron chi connectivity index (χ4n) is 3.57. The van der Waals surface area contributed by atoms with E-state index in [0.29, 0.717) is 22.0 Å². The van der Waals surface area contributed by atoms with Crippen molar-refractivity contribution in [1.82, 2.24) is 14.8 Å². The molecule has 0 spiro atoms. The number of amides is 1. The number of nitrogens with one attached hydrogen (secondary N) is 1. The molecule has 1 aliphatic carbocycles. The van der Waals surface area contributed by atoms with E-state index in [1.807, 2.05) is 18.5 Å². The molecule has 1 aliphatic rings. The molecule has 3 aromatic rings. The van der Waals surface area contributed by atoms with Gasteiger partial charge in [0.1, 0.15) is 11.1 Å². The van der Waals surface area contributed by atoms with Gasteiger partial charge in [0.05, 0.1) is 17.3 Å². The third kappa shape index (κ3) is 3.10. The molecule has 1 atom stereocenters. The molecule has 138 valence electrons. The number of nitrogens with zero attached hydrogens (tertiary/aromatic N) is 4. The molecule has 3 heterocycles. The van der Waals surface area contributed by atoms with Crippen LogP contribution in [0.15, 0.2) is 18.5 Å². The van der Waals surface area contributed by atoms with Crippen LogP contribution in [0.4, 0.5) is 5.00 Å².